The highest BCUT2D eigenvalue weighted by Crippen LogP contribution is 2.14. The average molecular weight is 262 g/mol. The minimum Gasteiger partial charge on any atom is -0.352 e. The number of halogens is 1. The van der Waals surface area contributed by atoms with Crippen molar-refractivity contribution in [2.45, 2.75) is 6.42 Å². The van der Waals surface area contributed by atoms with Crippen molar-refractivity contribution in [2.24, 2.45) is 0 Å². The van der Waals surface area contributed by atoms with Crippen LogP contribution in [0.15, 0.2) is 43.0 Å². The second kappa shape index (κ2) is 6.12. The number of nitrogens with zero attached hydrogens (tertiary/aromatic N) is 2. The van der Waals surface area contributed by atoms with Crippen LogP contribution in [0.5, 0.6) is 0 Å². The molecular weight excluding hydrogens is 250 g/mol. The molecule has 2 aromatic rings. The zero-order valence-electron chi connectivity index (χ0n) is 9.64. The minimum absolute atomic E-state index is 0.178. The van der Waals surface area contributed by atoms with E-state index in [-0.39, 0.29) is 5.91 Å². The molecule has 1 aromatic heterocycles. The Hall–Kier alpha value is -1.94. The molecule has 0 saturated heterocycles. The summed E-state index contributed by atoms with van der Waals surface area (Å²) in [4.78, 5) is 19.3. The van der Waals surface area contributed by atoms with Gasteiger partial charge in [-0.2, -0.15) is 0 Å². The summed E-state index contributed by atoms with van der Waals surface area (Å²) in [5.41, 5.74) is 1.47. The number of hydrogen-bond donors (Lipinski definition) is 1. The Morgan fingerprint density at radius 2 is 1.94 bits per heavy atom. The van der Waals surface area contributed by atoms with Gasteiger partial charge in [0.2, 0.25) is 0 Å². The Balaban J connectivity index is 1.86. The fourth-order valence-corrected chi connectivity index (χ4v) is 1.76. The number of amides is 1. The molecule has 1 N–H and O–H groups in total. The maximum absolute atomic E-state index is 11.7. The van der Waals surface area contributed by atoms with Crippen LogP contribution >= 0.6 is 11.6 Å². The molecular formula is C13H12ClN3O. The average Bonchev–Trinajstić information content (AvgIpc) is 2.42. The van der Waals surface area contributed by atoms with Crippen LogP contribution < -0.4 is 5.32 Å². The van der Waals surface area contributed by atoms with E-state index >= 15 is 0 Å². The van der Waals surface area contributed by atoms with E-state index in [1.165, 1.54) is 18.7 Å². The maximum atomic E-state index is 11.7. The summed E-state index contributed by atoms with van der Waals surface area (Å²) in [6, 6.07) is 7.59. The van der Waals surface area contributed by atoms with Crippen molar-refractivity contribution in [1.29, 1.82) is 0 Å². The van der Waals surface area contributed by atoms with Crippen molar-refractivity contribution in [2.75, 3.05) is 6.54 Å². The van der Waals surface area contributed by atoms with Crippen molar-refractivity contribution < 1.29 is 4.79 Å². The van der Waals surface area contributed by atoms with Crippen LogP contribution in [0.3, 0.4) is 0 Å². The van der Waals surface area contributed by atoms with E-state index in [4.69, 9.17) is 11.6 Å². The third kappa shape index (κ3) is 3.28. The van der Waals surface area contributed by atoms with E-state index in [9.17, 15) is 4.79 Å². The molecule has 0 unspecified atom stereocenters. The van der Waals surface area contributed by atoms with Gasteiger partial charge in [0.1, 0.15) is 6.33 Å². The maximum Gasteiger partial charge on any atom is 0.254 e. The lowest BCUT2D eigenvalue weighted by molar-refractivity contribution is 0.0953. The molecule has 0 saturated carbocycles. The number of benzene rings is 1. The van der Waals surface area contributed by atoms with Gasteiger partial charge in [-0.25, -0.2) is 9.97 Å². The van der Waals surface area contributed by atoms with Crippen LogP contribution in [0.1, 0.15) is 15.9 Å². The topological polar surface area (TPSA) is 54.9 Å². The SMILES string of the molecule is O=C(NCCc1ccccc1Cl)c1cncnc1. The number of aromatic nitrogens is 2. The highest BCUT2D eigenvalue weighted by atomic mass is 35.5. The Labute approximate surface area is 110 Å². The first-order valence-corrected chi connectivity index (χ1v) is 5.92. The monoisotopic (exact) mass is 261 g/mol. The van der Waals surface area contributed by atoms with Crippen LogP contribution in [-0.4, -0.2) is 22.4 Å². The van der Waals surface area contributed by atoms with Crippen LogP contribution in [0, 0.1) is 0 Å². The predicted molar refractivity (Wildman–Crippen MR) is 69.5 cm³/mol. The smallest absolute Gasteiger partial charge is 0.254 e. The molecule has 1 amide bonds. The molecule has 2 rings (SSSR count). The van der Waals surface area contributed by atoms with Crippen molar-refractivity contribution in [3.8, 4) is 0 Å². The summed E-state index contributed by atoms with van der Waals surface area (Å²) >= 11 is 6.02. The number of nitrogens with one attached hydrogen (secondary N) is 1. The second-order valence-corrected chi connectivity index (χ2v) is 4.13. The molecule has 18 heavy (non-hydrogen) atoms. The lowest BCUT2D eigenvalue weighted by Crippen LogP contribution is -2.25. The van der Waals surface area contributed by atoms with Crippen LogP contribution in [0.2, 0.25) is 5.02 Å². The van der Waals surface area contributed by atoms with Crippen molar-refractivity contribution in [1.82, 2.24) is 15.3 Å². The second-order valence-electron chi connectivity index (χ2n) is 3.72. The first-order chi connectivity index (χ1) is 8.77. The molecule has 0 aliphatic heterocycles. The third-order valence-electron chi connectivity index (χ3n) is 2.46. The summed E-state index contributed by atoms with van der Waals surface area (Å²) in [5.74, 6) is -0.178. The number of carbonyl (C=O) groups is 1. The highest BCUT2D eigenvalue weighted by Gasteiger charge is 2.05. The van der Waals surface area contributed by atoms with Gasteiger partial charge in [-0.1, -0.05) is 29.8 Å². The molecule has 0 aliphatic carbocycles. The molecule has 0 spiro atoms. The number of rotatable bonds is 4. The Kier molecular flexibility index (Phi) is 4.25. The van der Waals surface area contributed by atoms with Crippen molar-refractivity contribution in [3.05, 3.63) is 59.1 Å². The molecule has 4 nitrogen and oxygen atoms in total. The fraction of sp³-hybridized carbons (Fsp3) is 0.154. The third-order valence-corrected chi connectivity index (χ3v) is 2.83. The van der Waals surface area contributed by atoms with Gasteiger partial charge in [0, 0.05) is 24.0 Å². The van der Waals surface area contributed by atoms with Gasteiger partial charge in [-0.15, -0.1) is 0 Å². The van der Waals surface area contributed by atoms with Crippen molar-refractivity contribution in [3.63, 3.8) is 0 Å². The molecule has 0 fully saturated rings. The summed E-state index contributed by atoms with van der Waals surface area (Å²) in [5, 5.41) is 3.51. The van der Waals surface area contributed by atoms with E-state index < -0.39 is 0 Å². The first kappa shape index (κ1) is 12.5. The molecule has 0 atom stereocenters. The van der Waals surface area contributed by atoms with Gasteiger partial charge in [0.15, 0.2) is 0 Å². The molecule has 0 radical (unpaired) electrons. The van der Waals surface area contributed by atoms with Gasteiger partial charge in [0.25, 0.3) is 5.91 Å². The van der Waals surface area contributed by atoms with E-state index in [2.05, 4.69) is 15.3 Å². The van der Waals surface area contributed by atoms with Gasteiger partial charge in [0.05, 0.1) is 5.56 Å². The summed E-state index contributed by atoms with van der Waals surface area (Å²) < 4.78 is 0. The summed E-state index contributed by atoms with van der Waals surface area (Å²) in [7, 11) is 0. The molecule has 1 heterocycles. The van der Waals surface area contributed by atoms with Crippen molar-refractivity contribution >= 4 is 17.5 Å². The standard InChI is InChI=1S/C13H12ClN3O/c14-12-4-2-1-3-10(12)5-6-17-13(18)11-7-15-9-16-8-11/h1-4,7-9H,5-6H2,(H,17,18). The lowest BCUT2D eigenvalue weighted by atomic mass is 10.1. The van der Waals surface area contributed by atoms with Gasteiger partial charge in [-0.05, 0) is 18.1 Å². The van der Waals surface area contributed by atoms with Gasteiger partial charge < -0.3 is 5.32 Å². The van der Waals surface area contributed by atoms with E-state index in [0.29, 0.717) is 18.5 Å². The van der Waals surface area contributed by atoms with E-state index in [0.717, 1.165) is 10.6 Å². The molecule has 0 aliphatic rings. The Morgan fingerprint density at radius 1 is 1.22 bits per heavy atom. The quantitative estimate of drug-likeness (QED) is 0.917. The molecule has 0 bridgehead atoms. The highest BCUT2D eigenvalue weighted by molar-refractivity contribution is 6.31. The molecule has 1 aromatic carbocycles. The zero-order chi connectivity index (χ0) is 12.8. The van der Waals surface area contributed by atoms with Gasteiger partial charge >= 0.3 is 0 Å². The predicted octanol–water partition coefficient (Wildman–Crippen LogP) is 2.10. The Morgan fingerprint density at radius 3 is 2.67 bits per heavy atom. The number of carbonyl (C=O) groups excluding carboxylic acids is 1. The normalized spacial score (nSPS) is 10.1. The molecule has 5 heteroatoms. The molecule has 92 valence electrons. The largest absolute Gasteiger partial charge is 0.352 e. The Bertz CT molecular complexity index is 531. The van der Waals surface area contributed by atoms with Crippen LogP contribution in [0.4, 0.5) is 0 Å². The van der Waals surface area contributed by atoms with E-state index in [1.807, 2.05) is 24.3 Å². The van der Waals surface area contributed by atoms with E-state index in [1.54, 1.807) is 0 Å². The summed E-state index contributed by atoms with van der Waals surface area (Å²) in [6.45, 7) is 0.525. The van der Waals surface area contributed by atoms with Crippen LogP contribution in [-0.2, 0) is 6.42 Å². The lowest BCUT2D eigenvalue weighted by Gasteiger charge is -2.06. The first-order valence-electron chi connectivity index (χ1n) is 5.54. The minimum atomic E-state index is -0.178. The fourth-order valence-electron chi connectivity index (χ4n) is 1.53. The zero-order valence-corrected chi connectivity index (χ0v) is 10.4. The number of hydrogen-bond acceptors (Lipinski definition) is 3. The van der Waals surface area contributed by atoms with Crippen LogP contribution in [0.25, 0.3) is 0 Å². The summed E-state index contributed by atoms with van der Waals surface area (Å²) in [6.07, 6.45) is 5.05. The van der Waals surface area contributed by atoms with Gasteiger partial charge in [-0.3, -0.25) is 4.79 Å².